The predicted octanol–water partition coefficient (Wildman–Crippen LogP) is 2.88. The molecule has 0 bridgehead atoms. The van der Waals surface area contributed by atoms with Crippen molar-refractivity contribution < 1.29 is 13.9 Å². The number of ether oxygens (including phenoxy) is 1. The zero-order valence-corrected chi connectivity index (χ0v) is 13.7. The monoisotopic (exact) mass is 330 g/mol. The molecule has 1 aromatic heterocycles. The molecular formula is C17H22N4O3. The predicted molar refractivity (Wildman–Crippen MR) is 88.5 cm³/mol. The maximum absolute atomic E-state index is 11.9. The van der Waals surface area contributed by atoms with Crippen molar-refractivity contribution in [1.82, 2.24) is 20.8 Å². The van der Waals surface area contributed by atoms with Crippen molar-refractivity contribution in [3.63, 3.8) is 0 Å². The Morgan fingerprint density at radius 3 is 2.67 bits per heavy atom. The van der Waals surface area contributed by atoms with E-state index in [0.717, 1.165) is 24.2 Å². The average Bonchev–Trinajstić information content (AvgIpc) is 3.10. The van der Waals surface area contributed by atoms with Gasteiger partial charge in [-0.2, -0.15) is 0 Å². The van der Waals surface area contributed by atoms with E-state index in [0.29, 0.717) is 11.8 Å². The molecular weight excluding hydrogens is 308 g/mol. The van der Waals surface area contributed by atoms with Gasteiger partial charge >= 0.3 is 6.03 Å². The topological polar surface area (TPSA) is 89.3 Å². The molecule has 7 nitrogen and oxygen atoms in total. The summed E-state index contributed by atoms with van der Waals surface area (Å²) < 4.78 is 10.7. The van der Waals surface area contributed by atoms with Crippen LogP contribution < -0.4 is 15.4 Å². The van der Waals surface area contributed by atoms with Crippen molar-refractivity contribution >= 4 is 6.03 Å². The van der Waals surface area contributed by atoms with Crippen LogP contribution >= 0.6 is 0 Å². The van der Waals surface area contributed by atoms with Gasteiger partial charge in [0.25, 0.3) is 0 Å². The summed E-state index contributed by atoms with van der Waals surface area (Å²) in [5.41, 5.74) is 0.807. The molecule has 2 aromatic rings. The minimum absolute atomic E-state index is 0.189. The maximum Gasteiger partial charge on any atom is 0.315 e. The summed E-state index contributed by atoms with van der Waals surface area (Å²) in [5, 5.41) is 13.7. The molecule has 24 heavy (non-hydrogen) atoms. The van der Waals surface area contributed by atoms with Crippen molar-refractivity contribution in [2.45, 2.75) is 44.7 Å². The van der Waals surface area contributed by atoms with Crippen molar-refractivity contribution in [2.24, 2.45) is 0 Å². The average molecular weight is 330 g/mol. The lowest BCUT2D eigenvalue weighted by atomic mass is 9.96. The first-order valence-corrected chi connectivity index (χ1v) is 8.26. The number of carbonyl (C=O) groups excluding carboxylic acids is 1. The number of nitrogens with one attached hydrogen (secondary N) is 2. The van der Waals surface area contributed by atoms with Crippen molar-refractivity contribution in [1.29, 1.82) is 0 Å². The van der Waals surface area contributed by atoms with Crippen LogP contribution in [-0.2, 0) is 6.54 Å². The molecule has 0 saturated heterocycles. The standard InChI is InChI=1S/C17H22N4O3/c1-23-14-9-7-12(8-10-14)16-21-20-15(24-16)11-18-17(22)19-13-5-3-2-4-6-13/h7-10,13H,2-6,11H2,1H3,(H2,18,19,22). The van der Waals surface area contributed by atoms with Crippen LogP contribution in [0.15, 0.2) is 28.7 Å². The van der Waals surface area contributed by atoms with Crippen molar-refractivity contribution in [3.8, 4) is 17.2 Å². The van der Waals surface area contributed by atoms with Gasteiger partial charge in [-0.25, -0.2) is 4.79 Å². The Balaban J connectivity index is 1.50. The van der Waals surface area contributed by atoms with E-state index in [1.54, 1.807) is 7.11 Å². The second-order valence-corrected chi connectivity index (χ2v) is 5.89. The first kappa shape index (κ1) is 16.3. The fraction of sp³-hybridized carbons (Fsp3) is 0.471. The Kier molecular flexibility index (Phi) is 5.30. The molecule has 2 N–H and O–H groups in total. The highest BCUT2D eigenvalue weighted by atomic mass is 16.5. The Morgan fingerprint density at radius 2 is 1.96 bits per heavy atom. The van der Waals surface area contributed by atoms with Gasteiger partial charge < -0.3 is 19.8 Å². The quantitative estimate of drug-likeness (QED) is 0.880. The van der Waals surface area contributed by atoms with Gasteiger partial charge in [-0.05, 0) is 37.1 Å². The zero-order chi connectivity index (χ0) is 16.8. The molecule has 2 amide bonds. The molecule has 0 spiro atoms. The Bertz CT molecular complexity index is 663. The van der Waals surface area contributed by atoms with Gasteiger partial charge in [0.1, 0.15) is 5.75 Å². The summed E-state index contributed by atoms with van der Waals surface area (Å²) in [6.07, 6.45) is 5.72. The van der Waals surface area contributed by atoms with E-state index in [1.807, 2.05) is 24.3 Å². The van der Waals surface area contributed by atoms with Crippen molar-refractivity contribution in [2.75, 3.05) is 7.11 Å². The van der Waals surface area contributed by atoms with Crippen LogP contribution in [0.1, 0.15) is 38.0 Å². The summed E-state index contributed by atoms with van der Waals surface area (Å²) in [6, 6.07) is 7.44. The molecule has 3 rings (SSSR count). The number of urea groups is 1. The molecule has 1 aromatic carbocycles. The highest BCUT2D eigenvalue weighted by molar-refractivity contribution is 5.74. The van der Waals surface area contributed by atoms with Crippen molar-refractivity contribution in [3.05, 3.63) is 30.2 Å². The summed E-state index contributed by atoms with van der Waals surface area (Å²) in [4.78, 5) is 11.9. The molecule has 128 valence electrons. The van der Waals surface area contributed by atoms with Crippen LogP contribution in [0.4, 0.5) is 4.79 Å². The minimum Gasteiger partial charge on any atom is -0.497 e. The molecule has 0 unspecified atom stereocenters. The smallest absolute Gasteiger partial charge is 0.315 e. The van der Waals surface area contributed by atoms with E-state index in [2.05, 4.69) is 20.8 Å². The lowest BCUT2D eigenvalue weighted by Gasteiger charge is -2.22. The highest BCUT2D eigenvalue weighted by Gasteiger charge is 2.16. The van der Waals surface area contributed by atoms with Gasteiger partial charge in [0.15, 0.2) is 0 Å². The lowest BCUT2D eigenvalue weighted by molar-refractivity contribution is 0.231. The molecule has 0 radical (unpaired) electrons. The first-order chi connectivity index (χ1) is 11.7. The van der Waals surface area contributed by atoms with Crippen LogP contribution in [0.5, 0.6) is 5.75 Å². The third-order valence-electron chi connectivity index (χ3n) is 4.14. The molecule has 1 saturated carbocycles. The normalized spacial score (nSPS) is 15.0. The molecule has 0 aliphatic heterocycles. The Hall–Kier alpha value is -2.57. The fourth-order valence-electron chi connectivity index (χ4n) is 2.81. The zero-order valence-electron chi connectivity index (χ0n) is 13.7. The summed E-state index contributed by atoms with van der Waals surface area (Å²) in [7, 11) is 1.61. The third-order valence-corrected chi connectivity index (χ3v) is 4.14. The number of hydrogen-bond acceptors (Lipinski definition) is 5. The van der Waals surface area contributed by atoms with E-state index in [1.165, 1.54) is 19.3 Å². The van der Waals surface area contributed by atoms with E-state index in [9.17, 15) is 4.79 Å². The van der Waals surface area contributed by atoms with Crippen LogP contribution in [0.3, 0.4) is 0 Å². The van der Waals surface area contributed by atoms with Gasteiger partial charge in [-0.1, -0.05) is 19.3 Å². The number of benzene rings is 1. The van der Waals surface area contributed by atoms with Gasteiger partial charge in [0.05, 0.1) is 13.7 Å². The molecule has 7 heteroatoms. The molecule has 0 atom stereocenters. The third kappa shape index (κ3) is 4.24. The van der Waals surface area contributed by atoms with Gasteiger partial charge in [0, 0.05) is 11.6 Å². The van der Waals surface area contributed by atoms with E-state index < -0.39 is 0 Å². The summed E-state index contributed by atoms with van der Waals surface area (Å²) in [5.74, 6) is 1.56. The first-order valence-electron chi connectivity index (χ1n) is 8.26. The van der Waals surface area contributed by atoms with Crippen LogP contribution in [0, 0.1) is 0 Å². The van der Waals surface area contributed by atoms with E-state index >= 15 is 0 Å². The number of amides is 2. The van der Waals surface area contributed by atoms with E-state index in [-0.39, 0.29) is 18.6 Å². The molecule has 1 fully saturated rings. The number of rotatable bonds is 5. The number of methoxy groups -OCH3 is 1. The van der Waals surface area contributed by atoms with Crippen LogP contribution in [0.2, 0.25) is 0 Å². The Morgan fingerprint density at radius 1 is 1.21 bits per heavy atom. The lowest BCUT2D eigenvalue weighted by Crippen LogP contribution is -2.42. The fourth-order valence-corrected chi connectivity index (χ4v) is 2.81. The summed E-state index contributed by atoms with van der Waals surface area (Å²) >= 11 is 0. The largest absolute Gasteiger partial charge is 0.497 e. The second-order valence-electron chi connectivity index (χ2n) is 5.89. The molecule has 1 aliphatic carbocycles. The van der Waals surface area contributed by atoms with Gasteiger partial charge in [-0.3, -0.25) is 0 Å². The highest BCUT2D eigenvalue weighted by Crippen LogP contribution is 2.21. The summed E-state index contributed by atoms with van der Waals surface area (Å²) in [6.45, 7) is 0.210. The number of nitrogens with zero attached hydrogens (tertiary/aromatic N) is 2. The van der Waals surface area contributed by atoms with Crippen LogP contribution in [0.25, 0.3) is 11.5 Å². The number of carbonyl (C=O) groups is 1. The number of hydrogen-bond donors (Lipinski definition) is 2. The van der Waals surface area contributed by atoms with Crippen LogP contribution in [-0.4, -0.2) is 29.4 Å². The SMILES string of the molecule is COc1ccc(-c2nnc(CNC(=O)NC3CCCCC3)o2)cc1. The number of aromatic nitrogens is 2. The maximum atomic E-state index is 11.9. The van der Waals surface area contributed by atoms with E-state index in [4.69, 9.17) is 9.15 Å². The Labute approximate surface area is 140 Å². The minimum atomic E-state index is -0.189. The second kappa shape index (κ2) is 7.81. The van der Waals surface area contributed by atoms with Gasteiger partial charge in [0.2, 0.25) is 11.8 Å². The van der Waals surface area contributed by atoms with Gasteiger partial charge in [-0.15, -0.1) is 10.2 Å². The molecule has 1 heterocycles. The molecule has 1 aliphatic rings.